The third-order valence-corrected chi connectivity index (χ3v) is 6.32. The topological polar surface area (TPSA) is 78.9 Å². The lowest BCUT2D eigenvalue weighted by molar-refractivity contribution is 0.787. The Hall–Kier alpha value is -4.78. The number of nitrogens with zero attached hydrogens (tertiary/aromatic N) is 4. The van der Waals surface area contributed by atoms with Crippen molar-refractivity contribution in [3.8, 4) is 11.4 Å². The van der Waals surface area contributed by atoms with Gasteiger partial charge < -0.3 is 0 Å². The molecule has 3 heterocycles. The second-order valence-electron chi connectivity index (χ2n) is 8.57. The largest absolute Gasteiger partial charge is 0.341 e. The fourth-order valence-electron chi connectivity index (χ4n) is 4.66. The lowest BCUT2D eigenvalue weighted by Gasteiger charge is -2.17. The Morgan fingerprint density at radius 2 is 1.33 bits per heavy atom. The summed E-state index contributed by atoms with van der Waals surface area (Å²) in [5, 5.41) is 1.35. The van der Waals surface area contributed by atoms with Crippen LogP contribution < -0.4 is 16.8 Å². The van der Waals surface area contributed by atoms with Gasteiger partial charge in [0.2, 0.25) is 0 Å². The van der Waals surface area contributed by atoms with Crippen molar-refractivity contribution in [2.45, 2.75) is 14.4 Å². The predicted molar refractivity (Wildman–Crippen MR) is 145 cm³/mol. The minimum atomic E-state index is -0.564. The van der Waals surface area contributed by atoms with Gasteiger partial charge in [-0.25, -0.2) is 18.9 Å². The first kappa shape index (κ1) is 23.0. The zero-order chi connectivity index (χ0) is 24.3. The Balaban J connectivity index is 0.00000267. The Morgan fingerprint density at radius 3 is 1.97 bits per heavy atom. The minimum Gasteiger partial charge on any atom is -0.296 e. The summed E-state index contributed by atoms with van der Waals surface area (Å²) in [6.07, 6.45) is 0. The van der Waals surface area contributed by atoms with Gasteiger partial charge in [-0.15, -0.1) is 0 Å². The highest BCUT2D eigenvalue weighted by molar-refractivity contribution is 6.06. The summed E-state index contributed by atoms with van der Waals surface area (Å²) in [5.74, 6) is 0. The zero-order valence-corrected chi connectivity index (χ0v) is 19.1. The molecule has 0 bridgehead atoms. The molecule has 0 aliphatic heterocycles. The van der Waals surface area contributed by atoms with Crippen molar-refractivity contribution in [1.82, 2.24) is 18.7 Å². The third-order valence-electron chi connectivity index (χ3n) is 6.32. The van der Waals surface area contributed by atoms with Crippen molar-refractivity contribution in [2.24, 2.45) is 7.05 Å². The maximum absolute atomic E-state index is 14.0. The SMILES string of the molecule is C.Cc1ccc2nc3c(cc2c1)c(=O)n(C)c1c3c(=O)n(-c2ccccc2)c(=O)n1-c1ccccc1. The van der Waals surface area contributed by atoms with Gasteiger partial charge in [-0.1, -0.05) is 55.5 Å². The number of rotatable bonds is 2. The van der Waals surface area contributed by atoms with Gasteiger partial charge in [-0.05, 0) is 49.4 Å². The summed E-state index contributed by atoms with van der Waals surface area (Å²) in [4.78, 5) is 46.1. The van der Waals surface area contributed by atoms with Crippen molar-refractivity contribution in [1.29, 1.82) is 0 Å². The predicted octanol–water partition coefficient (Wildman–Crippen LogP) is 4.49. The molecule has 0 radical (unpaired) electrons. The van der Waals surface area contributed by atoms with Crippen LogP contribution >= 0.6 is 0 Å². The molecule has 0 amide bonds. The molecule has 0 saturated heterocycles. The van der Waals surface area contributed by atoms with Crippen LogP contribution in [0.3, 0.4) is 0 Å². The molecular weight excluding hydrogens is 452 g/mol. The van der Waals surface area contributed by atoms with E-state index < -0.39 is 11.2 Å². The molecule has 6 rings (SSSR count). The van der Waals surface area contributed by atoms with Crippen LogP contribution in [0.5, 0.6) is 0 Å². The fraction of sp³-hybridized carbons (Fsp3) is 0.103. The molecule has 0 aliphatic rings. The highest BCUT2D eigenvalue weighted by atomic mass is 16.2. The van der Waals surface area contributed by atoms with E-state index in [0.717, 1.165) is 15.5 Å². The number of hydrogen-bond acceptors (Lipinski definition) is 4. The number of fused-ring (bicyclic) bond motifs is 4. The van der Waals surface area contributed by atoms with E-state index in [0.29, 0.717) is 22.3 Å². The van der Waals surface area contributed by atoms with Crippen molar-refractivity contribution >= 4 is 32.8 Å². The van der Waals surface area contributed by atoms with Crippen LogP contribution in [0, 0.1) is 6.92 Å². The van der Waals surface area contributed by atoms with Crippen molar-refractivity contribution in [3.63, 3.8) is 0 Å². The first-order chi connectivity index (χ1) is 17.0. The van der Waals surface area contributed by atoms with E-state index in [9.17, 15) is 14.4 Å². The molecule has 0 spiro atoms. The minimum absolute atomic E-state index is 0. The van der Waals surface area contributed by atoms with Crippen LogP contribution in [0.4, 0.5) is 0 Å². The monoisotopic (exact) mass is 476 g/mol. The summed E-state index contributed by atoms with van der Waals surface area (Å²) in [5.41, 5.74) is 1.75. The molecule has 178 valence electrons. The van der Waals surface area contributed by atoms with Crippen molar-refractivity contribution < 1.29 is 0 Å². The maximum Gasteiger partial charge on any atom is 0.341 e. The van der Waals surface area contributed by atoms with Gasteiger partial charge >= 0.3 is 5.69 Å². The molecule has 0 atom stereocenters. The Labute approximate surface area is 206 Å². The number of benzene rings is 3. The molecule has 0 unspecified atom stereocenters. The molecule has 7 nitrogen and oxygen atoms in total. The van der Waals surface area contributed by atoms with Crippen LogP contribution in [-0.2, 0) is 7.05 Å². The van der Waals surface area contributed by atoms with E-state index in [1.165, 1.54) is 9.13 Å². The van der Waals surface area contributed by atoms with Crippen LogP contribution in [-0.4, -0.2) is 18.7 Å². The summed E-state index contributed by atoms with van der Waals surface area (Å²) < 4.78 is 3.91. The molecule has 3 aromatic carbocycles. The lowest BCUT2D eigenvalue weighted by Crippen LogP contribution is -2.40. The Bertz CT molecular complexity index is 1970. The highest BCUT2D eigenvalue weighted by Gasteiger charge is 2.22. The third kappa shape index (κ3) is 3.28. The first-order valence-electron chi connectivity index (χ1n) is 11.2. The fourth-order valence-corrected chi connectivity index (χ4v) is 4.66. The summed E-state index contributed by atoms with van der Waals surface area (Å²) in [7, 11) is 1.58. The second kappa shape index (κ2) is 8.46. The molecule has 0 N–H and O–H groups in total. The van der Waals surface area contributed by atoms with E-state index in [2.05, 4.69) is 0 Å². The van der Waals surface area contributed by atoms with Crippen LogP contribution in [0.2, 0.25) is 0 Å². The first-order valence-corrected chi connectivity index (χ1v) is 11.2. The lowest BCUT2D eigenvalue weighted by atomic mass is 10.1. The van der Waals surface area contributed by atoms with Crippen molar-refractivity contribution in [3.05, 3.63) is 122 Å². The number of aryl methyl sites for hydroxylation is 2. The normalized spacial score (nSPS) is 11.2. The number of pyridine rings is 2. The number of para-hydroxylation sites is 2. The van der Waals surface area contributed by atoms with Crippen LogP contribution in [0.15, 0.2) is 99.3 Å². The van der Waals surface area contributed by atoms with Gasteiger partial charge in [-0.3, -0.25) is 14.2 Å². The zero-order valence-electron chi connectivity index (χ0n) is 19.1. The molecule has 7 heteroatoms. The van der Waals surface area contributed by atoms with Crippen LogP contribution in [0.25, 0.3) is 44.2 Å². The molecule has 36 heavy (non-hydrogen) atoms. The van der Waals surface area contributed by atoms with Gasteiger partial charge in [0.05, 0.1) is 27.8 Å². The number of hydrogen-bond donors (Lipinski definition) is 0. The van der Waals surface area contributed by atoms with E-state index >= 15 is 0 Å². The molecule has 0 aliphatic carbocycles. The Morgan fingerprint density at radius 1 is 0.722 bits per heavy atom. The van der Waals surface area contributed by atoms with Crippen LogP contribution in [0.1, 0.15) is 13.0 Å². The maximum atomic E-state index is 14.0. The molecule has 3 aromatic heterocycles. The smallest absolute Gasteiger partial charge is 0.296 e. The summed E-state index contributed by atoms with van der Waals surface area (Å²) in [6, 6.07) is 25.3. The van der Waals surface area contributed by atoms with E-state index in [4.69, 9.17) is 4.98 Å². The van der Waals surface area contributed by atoms with Gasteiger partial charge in [-0.2, -0.15) is 0 Å². The van der Waals surface area contributed by atoms with Gasteiger partial charge in [0.1, 0.15) is 11.0 Å². The van der Waals surface area contributed by atoms with Gasteiger partial charge in [0.15, 0.2) is 0 Å². The van der Waals surface area contributed by atoms with Gasteiger partial charge in [0.25, 0.3) is 11.1 Å². The second-order valence-corrected chi connectivity index (χ2v) is 8.57. The van der Waals surface area contributed by atoms with E-state index in [-0.39, 0.29) is 29.5 Å². The molecule has 0 saturated carbocycles. The summed E-state index contributed by atoms with van der Waals surface area (Å²) >= 11 is 0. The standard InChI is InChI=1S/C28H20N4O3.CH4/c1-17-13-14-22-18(15-17)16-21-24(29-22)23-25(30(2)26(21)33)31(19-9-5-3-6-10-19)28(35)32(27(23)34)20-11-7-4-8-12-20;/h3-16H,1-2H3;1H4. The molecular formula is C29H24N4O3. The van der Waals surface area contributed by atoms with Gasteiger partial charge in [0, 0.05) is 12.4 Å². The summed E-state index contributed by atoms with van der Waals surface area (Å²) in [6.45, 7) is 1.97. The quantitative estimate of drug-likeness (QED) is 0.273. The van der Waals surface area contributed by atoms with E-state index in [1.807, 2.05) is 37.3 Å². The highest BCUT2D eigenvalue weighted by Crippen LogP contribution is 2.24. The van der Waals surface area contributed by atoms with Crippen molar-refractivity contribution in [2.75, 3.05) is 0 Å². The van der Waals surface area contributed by atoms with E-state index in [1.54, 1.807) is 61.6 Å². The average molecular weight is 477 g/mol. The molecule has 0 fully saturated rings. The number of aromatic nitrogens is 4. The Kier molecular flexibility index (Phi) is 5.40. The molecule has 6 aromatic rings. The average Bonchev–Trinajstić information content (AvgIpc) is 2.87.